The maximum absolute atomic E-state index is 6.23. The molecule has 0 radical (unpaired) electrons. The van der Waals surface area contributed by atoms with Gasteiger partial charge in [-0.1, -0.05) is 66.2 Å². The zero-order chi connectivity index (χ0) is 13.3. The first-order valence-corrected chi connectivity index (χ1v) is 7.21. The minimum atomic E-state index is 0.135. The molecule has 0 saturated carbocycles. The minimum Gasteiger partial charge on any atom is -0.379 e. The molecule has 104 valence electrons. The number of hydrogen-bond acceptors (Lipinski definition) is 2. The molecule has 0 fully saturated rings. The van der Waals surface area contributed by atoms with Crippen LogP contribution in [0.1, 0.15) is 72.6 Å². The van der Waals surface area contributed by atoms with Crippen LogP contribution in [0.3, 0.4) is 0 Å². The van der Waals surface area contributed by atoms with Gasteiger partial charge in [0.05, 0.1) is 6.10 Å². The number of rotatable bonds is 9. The van der Waals surface area contributed by atoms with Gasteiger partial charge in [-0.3, -0.25) is 0 Å². The molecule has 0 aliphatic heterocycles. The predicted octanol–water partition coefficient (Wildman–Crippen LogP) is 4.13. The van der Waals surface area contributed by atoms with Crippen molar-refractivity contribution in [3.63, 3.8) is 0 Å². The first kappa shape index (κ1) is 16.9. The second-order valence-electron chi connectivity index (χ2n) is 6.24. The molecule has 0 saturated heterocycles. The molecular weight excluding hydrogens is 210 g/mol. The lowest BCUT2D eigenvalue weighted by Crippen LogP contribution is -2.44. The summed E-state index contributed by atoms with van der Waals surface area (Å²) in [6.07, 6.45) is 9.21. The highest BCUT2D eigenvalue weighted by molar-refractivity contribution is 4.83. The first-order valence-electron chi connectivity index (χ1n) is 7.21. The third-order valence-electron chi connectivity index (χ3n) is 3.39. The Morgan fingerprint density at radius 2 is 1.53 bits per heavy atom. The van der Waals surface area contributed by atoms with Crippen molar-refractivity contribution in [2.75, 3.05) is 7.11 Å². The topological polar surface area (TPSA) is 35.2 Å². The monoisotopic (exact) mass is 243 g/mol. The highest BCUT2D eigenvalue weighted by Gasteiger charge is 2.29. The van der Waals surface area contributed by atoms with Crippen LogP contribution < -0.4 is 5.73 Å². The van der Waals surface area contributed by atoms with Crippen molar-refractivity contribution < 1.29 is 4.74 Å². The van der Waals surface area contributed by atoms with Crippen LogP contribution in [-0.4, -0.2) is 19.3 Å². The maximum atomic E-state index is 6.23. The molecule has 2 unspecified atom stereocenters. The molecule has 0 aromatic rings. The van der Waals surface area contributed by atoms with E-state index in [4.69, 9.17) is 10.5 Å². The first-order chi connectivity index (χ1) is 7.93. The van der Waals surface area contributed by atoms with E-state index >= 15 is 0 Å². The number of ether oxygens (including phenoxy) is 1. The smallest absolute Gasteiger partial charge is 0.0770 e. The standard InChI is InChI=1S/C15H33NO/c1-6-7-8-9-10-11-12-13(16)14(17-5)15(2,3)4/h13-14H,6-12,16H2,1-5H3. The number of nitrogens with two attached hydrogens (primary N) is 1. The molecule has 0 aliphatic carbocycles. The largest absolute Gasteiger partial charge is 0.379 e. The lowest BCUT2D eigenvalue weighted by Gasteiger charge is -2.34. The van der Waals surface area contributed by atoms with Crippen molar-refractivity contribution in [1.29, 1.82) is 0 Å². The zero-order valence-corrected chi connectivity index (χ0v) is 12.6. The summed E-state index contributed by atoms with van der Waals surface area (Å²) < 4.78 is 5.55. The van der Waals surface area contributed by atoms with E-state index in [0.717, 1.165) is 6.42 Å². The summed E-state index contributed by atoms with van der Waals surface area (Å²) in [6, 6.07) is 0.172. The quantitative estimate of drug-likeness (QED) is 0.618. The molecular formula is C15H33NO. The summed E-state index contributed by atoms with van der Waals surface area (Å²) in [6.45, 7) is 8.84. The third kappa shape index (κ3) is 7.77. The number of hydrogen-bond donors (Lipinski definition) is 1. The molecule has 0 amide bonds. The van der Waals surface area contributed by atoms with Gasteiger partial charge in [0, 0.05) is 13.2 Å². The minimum absolute atomic E-state index is 0.135. The summed E-state index contributed by atoms with van der Waals surface area (Å²) >= 11 is 0. The summed E-state index contributed by atoms with van der Waals surface area (Å²) in [5.74, 6) is 0. The third-order valence-corrected chi connectivity index (χ3v) is 3.39. The van der Waals surface area contributed by atoms with Crippen molar-refractivity contribution in [2.24, 2.45) is 11.1 Å². The second-order valence-corrected chi connectivity index (χ2v) is 6.24. The Balaban J connectivity index is 3.73. The van der Waals surface area contributed by atoms with E-state index in [-0.39, 0.29) is 17.6 Å². The van der Waals surface area contributed by atoms with E-state index in [1.54, 1.807) is 7.11 Å². The zero-order valence-electron chi connectivity index (χ0n) is 12.6. The molecule has 0 aromatic heterocycles. The van der Waals surface area contributed by atoms with Crippen LogP contribution in [0.25, 0.3) is 0 Å². The Kier molecular flexibility index (Phi) is 8.89. The fourth-order valence-corrected chi connectivity index (χ4v) is 2.48. The Morgan fingerprint density at radius 1 is 1.00 bits per heavy atom. The molecule has 0 heterocycles. The van der Waals surface area contributed by atoms with Crippen LogP contribution in [-0.2, 0) is 4.74 Å². The molecule has 0 bridgehead atoms. The van der Waals surface area contributed by atoms with Gasteiger partial charge in [-0.2, -0.15) is 0 Å². The molecule has 17 heavy (non-hydrogen) atoms. The van der Waals surface area contributed by atoms with Gasteiger partial charge in [-0.25, -0.2) is 0 Å². The van der Waals surface area contributed by atoms with Gasteiger partial charge < -0.3 is 10.5 Å². The van der Waals surface area contributed by atoms with Crippen molar-refractivity contribution in [3.05, 3.63) is 0 Å². The second kappa shape index (κ2) is 8.93. The van der Waals surface area contributed by atoms with Crippen LogP contribution in [0.15, 0.2) is 0 Å². The predicted molar refractivity (Wildman–Crippen MR) is 76.2 cm³/mol. The van der Waals surface area contributed by atoms with Gasteiger partial charge in [0.15, 0.2) is 0 Å². The van der Waals surface area contributed by atoms with Gasteiger partial charge in [-0.05, 0) is 11.8 Å². The number of unbranched alkanes of at least 4 members (excludes halogenated alkanes) is 5. The fourth-order valence-electron chi connectivity index (χ4n) is 2.48. The van der Waals surface area contributed by atoms with Crippen molar-refractivity contribution in [2.45, 2.75) is 84.8 Å². The Bertz CT molecular complexity index is 174. The lowest BCUT2D eigenvalue weighted by molar-refractivity contribution is -0.00407. The highest BCUT2D eigenvalue weighted by atomic mass is 16.5. The molecule has 0 aromatic carbocycles. The molecule has 2 atom stereocenters. The Morgan fingerprint density at radius 3 is 2.00 bits per heavy atom. The summed E-state index contributed by atoms with van der Waals surface area (Å²) in [5, 5.41) is 0. The van der Waals surface area contributed by atoms with Gasteiger partial charge >= 0.3 is 0 Å². The van der Waals surface area contributed by atoms with Gasteiger partial charge in [-0.15, -0.1) is 0 Å². The fraction of sp³-hybridized carbons (Fsp3) is 1.00. The average molecular weight is 243 g/mol. The van der Waals surface area contributed by atoms with Crippen LogP contribution in [0, 0.1) is 5.41 Å². The molecule has 2 heteroatoms. The van der Waals surface area contributed by atoms with E-state index < -0.39 is 0 Å². The Labute approximate surface area is 108 Å². The molecule has 0 rings (SSSR count). The van der Waals surface area contributed by atoms with Crippen LogP contribution in [0.4, 0.5) is 0 Å². The number of methoxy groups -OCH3 is 1. The normalized spacial score (nSPS) is 15.9. The van der Waals surface area contributed by atoms with E-state index in [1.807, 2.05) is 0 Å². The Hall–Kier alpha value is -0.0800. The summed E-state index contributed by atoms with van der Waals surface area (Å²) in [7, 11) is 1.77. The van der Waals surface area contributed by atoms with Crippen LogP contribution >= 0.6 is 0 Å². The highest BCUT2D eigenvalue weighted by Crippen LogP contribution is 2.25. The van der Waals surface area contributed by atoms with Crippen molar-refractivity contribution >= 4 is 0 Å². The average Bonchev–Trinajstić information content (AvgIpc) is 2.22. The van der Waals surface area contributed by atoms with Gasteiger partial charge in [0.25, 0.3) is 0 Å². The lowest BCUT2D eigenvalue weighted by atomic mass is 9.83. The van der Waals surface area contributed by atoms with Crippen molar-refractivity contribution in [3.8, 4) is 0 Å². The molecule has 2 nitrogen and oxygen atoms in total. The van der Waals surface area contributed by atoms with Crippen molar-refractivity contribution in [1.82, 2.24) is 0 Å². The van der Waals surface area contributed by atoms with Gasteiger partial charge in [0.1, 0.15) is 0 Å². The van der Waals surface area contributed by atoms with E-state index in [9.17, 15) is 0 Å². The maximum Gasteiger partial charge on any atom is 0.0770 e. The van der Waals surface area contributed by atoms with Gasteiger partial charge in [0.2, 0.25) is 0 Å². The van der Waals surface area contributed by atoms with Crippen LogP contribution in [0.5, 0.6) is 0 Å². The van der Waals surface area contributed by atoms with E-state index in [2.05, 4.69) is 27.7 Å². The van der Waals surface area contributed by atoms with Crippen LogP contribution in [0.2, 0.25) is 0 Å². The molecule has 0 spiro atoms. The van der Waals surface area contributed by atoms with E-state index in [1.165, 1.54) is 38.5 Å². The summed E-state index contributed by atoms with van der Waals surface area (Å²) in [4.78, 5) is 0. The van der Waals surface area contributed by atoms with E-state index in [0.29, 0.717) is 0 Å². The SMILES string of the molecule is CCCCCCCCC(N)C(OC)C(C)(C)C. The molecule has 2 N–H and O–H groups in total. The molecule has 0 aliphatic rings. The summed E-state index contributed by atoms with van der Waals surface area (Å²) in [5.41, 5.74) is 6.37.